The first kappa shape index (κ1) is 36.2. The minimum atomic E-state index is -0.707. The first-order valence-corrected chi connectivity index (χ1v) is 16.0. The molecule has 1 atom stereocenters. The van der Waals surface area contributed by atoms with Crippen molar-refractivity contribution < 1.29 is 19.4 Å². The molecule has 0 saturated heterocycles. The molecule has 4 heteroatoms. The summed E-state index contributed by atoms with van der Waals surface area (Å²) in [6, 6.07) is 0. The second-order valence-corrected chi connectivity index (χ2v) is 10.6. The van der Waals surface area contributed by atoms with Crippen LogP contribution in [0, 0.1) is 0 Å². The number of hydrogen-bond donors (Lipinski definition) is 1. The Morgan fingerprint density at radius 3 is 1.63 bits per heavy atom. The fourth-order valence-electron chi connectivity index (χ4n) is 4.53. The van der Waals surface area contributed by atoms with Gasteiger partial charge in [0.15, 0.2) is 0 Å². The van der Waals surface area contributed by atoms with Gasteiger partial charge in [0.1, 0.15) is 6.10 Å². The predicted octanol–water partition coefficient (Wildman–Crippen LogP) is 10.7. The van der Waals surface area contributed by atoms with Crippen molar-refractivity contribution in [3.63, 3.8) is 0 Å². The first-order chi connectivity index (χ1) is 18.6. The van der Waals surface area contributed by atoms with Crippen molar-refractivity contribution in [3.8, 4) is 0 Å². The maximum Gasteiger partial charge on any atom is 0.306 e. The van der Waals surface area contributed by atoms with Gasteiger partial charge in [-0.25, -0.2) is 0 Å². The largest absolute Gasteiger partial charge is 0.481 e. The summed E-state index contributed by atoms with van der Waals surface area (Å²) in [4.78, 5) is 23.1. The Bertz CT molecular complexity index is 620. The van der Waals surface area contributed by atoms with Crippen LogP contribution in [0.25, 0.3) is 0 Å². The summed E-state index contributed by atoms with van der Waals surface area (Å²) in [6.45, 7) is 4.40. The van der Waals surface area contributed by atoms with E-state index < -0.39 is 5.97 Å². The van der Waals surface area contributed by atoms with Gasteiger partial charge in [-0.1, -0.05) is 134 Å². The van der Waals surface area contributed by atoms with Crippen LogP contribution in [0.4, 0.5) is 0 Å². The number of hydrogen-bond acceptors (Lipinski definition) is 3. The van der Waals surface area contributed by atoms with Gasteiger partial charge >= 0.3 is 11.9 Å². The Morgan fingerprint density at radius 2 is 1.08 bits per heavy atom. The van der Waals surface area contributed by atoms with E-state index in [-0.39, 0.29) is 18.5 Å². The van der Waals surface area contributed by atoms with E-state index in [4.69, 9.17) is 9.84 Å². The normalized spacial score (nSPS) is 12.7. The third-order valence-corrected chi connectivity index (χ3v) is 6.86. The fraction of sp³-hybridized carbons (Fsp3) is 0.765. The van der Waals surface area contributed by atoms with Gasteiger partial charge in [0, 0.05) is 12.8 Å². The molecule has 0 spiro atoms. The summed E-state index contributed by atoms with van der Waals surface area (Å²) in [6.07, 6.45) is 37.4. The maximum atomic E-state index is 12.5. The van der Waals surface area contributed by atoms with Gasteiger partial charge in [0.2, 0.25) is 0 Å². The smallest absolute Gasteiger partial charge is 0.306 e. The molecule has 0 saturated carbocycles. The van der Waals surface area contributed by atoms with Crippen molar-refractivity contribution >= 4 is 11.9 Å². The highest BCUT2D eigenvalue weighted by Gasteiger charge is 2.11. The van der Waals surface area contributed by atoms with Crippen LogP contribution in [0.3, 0.4) is 0 Å². The van der Waals surface area contributed by atoms with Crippen molar-refractivity contribution in [2.24, 2.45) is 0 Å². The van der Waals surface area contributed by atoms with E-state index in [0.717, 1.165) is 77.0 Å². The molecule has 220 valence electrons. The summed E-state index contributed by atoms with van der Waals surface area (Å²) in [5.41, 5.74) is 0. The molecule has 0 aromatic carbocycles. The molecule has 0 aliphatic carbocycles. The van der Waals surface area contributed by atoms with Gasteiger partial charge < -0.3 is 9.84 Å². The van der Waals surface area contributed by atoms with Gasteiger partial charge in [-0.2, -0.15) is 0 Å². The molecule has 0 radical (unpaired) electrons. The van der Waals surface area contributed by atoms with Crippen molar-refractivity contribution in [1.29, 1.82) is 0 Å². The number of carbonyl (C=O) groups is 2. The number of aliphatic carboxylic acids is 1. The van der Waals surface area contributed by atoms with E-state index in [1.807, 2.05) is 0 Å². The highest BCUT2D eigenvalue weighted by molar-refractivity contribution is 5.69. The molecule has 38 heavy (non-hydrogen) atoms. The highest BCUT2D eigenvalue weighted by Crippen LogP contribution is 2.15. The molecule has 0 fully saturated rings. The fourth-order valence-corrected chi connectivity index (χ4v) is 4.53. The molecule has 0 bridgehead atoms. The van der Waals surface area contributed by atoms with E-state index in [1.165, 1.54) is 57.8 Å². The molecule has 0 rings (SSSR count). The molecule has 0 amide bonds. The lowest BCUT2D eigenvalue weighted by molar-refractivity contribution is -0.147. The Labute approximate surface area is 235 Å². The highest BCUT2D eigenvalue weighted by atomic mass is 16.5. The van der Waals surface area contributed by atoms with E-state index >= 15 is 0 Å². The Hall–Kier alpha value is -1.84. The average molecular weight is 533 g/mol. The van der Waals surface area contributed by atoms with E-state index in [2.05, 4.69) is 50.3 Å². The van der Waals surface area contributed by atoms with Gasteiger partial charge in [-0.05, 0) is 51.0 Å². The second kappa shape index (κ2) is 29.7. The molecule has 0 aliphatic heterocycles. The van der Waals surface area contributed by atoms with Crippen molar-refractivity contribution in [2.45, 2.75) is 168 Å². The number of rotatable bonds is 28. The Morgan fingerprint density at radius 1 is 0.605 bits per heavy atom. The van der Waals surface area contributed by atoms with Crippen LogP contribution in [-0.4, -0.2) is 23.1 Å². The summed E-state index contributed by atoms with van der Waals surface area (Å²) in [7, 11) is 0. The molecule has 4 nitrogen and oxygen atoms in total. The number of ether oxygens (including phenoxy) is 1. The molecule has 1 unspecified atom stereocenters. The number of carbonyl (C=O) groups excluding carboxylic acids is 1. The average Bonchev–Trinajstić information content (AvgIpc) is 2.89. The molecule has 0 aromatic heterocycles. The van der Waals surface area contributed by atoms with Gasteiger partial charge in [0.05, 0.1) is 0 Å². The lowest BCUT2D eigenvalue weighted by Gasteiger charge is -2.14. The maximum absolute atomic E-state index is 12.5. The molecular formula is C34H60O4. The Kier molecular flexibility index (Phi) is 28.3. The van der Waals surface area contributed by atoms with Crippen molar-refractivity contribution in [1.82, 2.24) is 0 Å². The van der Waals surface area contributed by atoms with E-state index in [9.17, 15) is 9.59 Å². The van der Waals surface area contributed by atoms with Crippen LogP contribution in [-0.2, 0) is 14.3 Å². The summed E-state index contributed by atoms with van der Waals surface area (Å²) < 4.78 is 5.85. The van der Waals surface area contributed by atoms with Gasteiger partial charge in [-0.15, -0.1) is 0 Å². The van der Waals surface area contributed by atoms with Crippen LogP contribution in [0.5, 0.6) is 0 Å². The van der Waals surface area contributed by atoms with Gasteiger partial charge in [-0.3, -0.25) is 9.59 Å². The molecule has 0 heterocycles. The summed E-state index contributed by atoms with van der Waals surface area (Å²) >= 11 is 0. The number of allylic oxidation sites excluding steroid dienone is 5. The third kappa shape index (κ3) is 28.7. The standard InChI is InChI=1S/C34H60O4/c1-3-5-7-9-11-13-14-15-17-23-27-31-34(37)38-32(28-24-20-16-12-10-8-6-4-2)29-25-21-18-19-22-26-30-33(35)36/h6,8,12,16,24,28,32H,3-5,7,9-11,13-15,17-23,25-27,29-31H2,1-2H3,(H,35,36)/b8-6-,16-12-,28-24-. The molecule has 0 aromatic rings. The minimum absolute atomic E-state index is 0.0653. The molecule has 1 N–H and O–H groups in total. The lowest BCUT2D eigenvalue weighted by Crippen LogP contribution is -2.16. The second-order valence-electron chi connectivity index (χ2n) is 10.6. The zero-order valence-corrected chi connectivity index (χ0v) is 25.0. The van der Waals surface area contributed by atoms with Crippen molar-refractivity contribution in [2.75, 3.05) is 0 Å². The number of unbranched alkanes of at least 4 members (excludes halogenated alkanes) is 15. The quantitative estimate of drug-likeness (QED) is 0.0618. The molecule has 0 aliphatic rings. The monoisotopic (exact) mass is 532 g/mol. The number of carboxylic acids is 1. The van der Waals surface area contributed by atoms with Crippen LogP contribution in [0.15, 0.2) is 36.5 Å². The van der Waals surface area contributed by atoms with Crippen LogP contribution < -0.4 is 0 Å². The SMILES string of the molecule is CC/C=C\C/C=C\C/C=C\C(CCCCCCCCC(=O)O)OC(=O)CCCCCCCCCCCCC. The van der Waals surface area contributed by atoms with E-state index in [0.29, 0.717) is 6.42 Å². The zero-order chi connectivity index (χ0) is 27.9. The minimum Gasteiger partial charge on any atom is -0.481 e. The third-order valence-electron chi connectivity index (χ3n) is 6.86. The Balaban J connectivity index is 4.19. The molecular weight excluding hydrogens is 472 g/mol. The van der Waals surface area contributed by atoms with Crippen molar-refractivity contribution in [3.05, 3.63) is 36.5 Å². The predicted molar refractivity (Wildman–Crippen MR) is 162 cm³/mol. The van der Waals surface area contributed by atoms with Crippen LogP contribution in [0.2, 0.25) is 0 Å². The summed E-state index contributed by atoms with van der Waals surface area (Å²) in [5, 5.41) is 8.73. The number of esters is 1. The topological polar surface area (TPSA) is 63.6 Å². The zero-order valence-electron chi connectivity index (χ0n) is 25.0. The van der Waals surface area contributed by atoms with Gasteiger partial charge in [0.25, 0.3) is 0 Å². The lowest BCUT2D eigenvalue weighted by atomic mass is 10.0. The first-order valence-electron chi connectivity index (χ1n) is 16.0. The number of carboxylic acid groups (broad SMARTS) is 1. The summed E-state index contributed by atoms with van der Waals surface area (Å²) in [5.74, 6) is -0.772. The van der Waals surface area contributed by atoms with Crippen LogP contribution in [0.1, 0.15) is 162 Å². The van der Waals surface area contributed by atoms with E-state index in [1.54, 1.807) is 0 Å². The van der Waals surface area contributed by atoms with Crippen LogP contribution >= 0.6 is 0 Å².